The standard InChI is InChI=1S/C20H25N/c1-5-16-10-20(4,11-16)15(3)14(2)19-13-21-12-17-8-6-7-9-18(17)19/h5-9,12-16H,1,10-11H2,2-4H3. The molecule has 110 valence electrons. The molecule has 2 unspecified atom stereocenters. The molecule has 1 nitrogen and oxygen atoms in total. The van der Waals surface area contributed by atoms with Crippen LogP contribution in [0, 0.1) is 17.3 Å². The van der Waals surface area contributed by atoms with Gasteiger partial charge in [0, 0.05) is 17.8 Å². The number of fused-ring (bicyclic) bond motifs is 1. The molecule has 0 amide bonds. The minimum Gasteiger partial charge on any atom is -0.264 e. The Labute approximate surface area is 128 Å². The molecule has 1 heteroatoms. The maximum absolute atomic E-state index is 4.46. The van der Waals surface area contributed by atoms with E-state index in [4.69, 9.17) is 0 Å². The molecule has 0 bridgehead atoms. The zero-order valence-electron chi connectivity index (χ0n) is 13.3. The summed E-state index contributed by atoms with van der Waals surface area (Å²) < 4.78 is 0. The third-order valence-corrected chi connectivity index (χ3v) is 5.83. The molecule has 1 aromatic heterocycles. The van der Waals surface area contributed by atoms with Crippen LogP contribution in [0.3, 0.4) is 0 Å². The van der Waals surface area contributed by atoms with Gasteiger partial charge in [0.1, 0.15) is 0 Å². The zero-order valence-corrected chi connectivity index (χ0v) is 13.3. The maximum Gasteiger partial charge on any atom is 0.0346 e. The van der Waals surface area contributed by atoms with Gasteiger partial charge in [-0.05, 0) is 47.0 Å². The summed E-state index contributed by atoms with van der Waals surface area (Å²) in [5.74, 6) is 1.90. The van der Waals surface area contributed by atoms with Gasteiger partial charge in [0.15, 0.2) is 0 Å². The van der Waals surface area contributed by atoms with E-state index in [9.17, 15) is 0 Å². The molecule has 1 heterocycles. The molecule has 0 spiro atoms. The molecule has 21 heavy (non-hydrogen) atoms. The first-order valence-corrected chi connectivity index (χ1v) is 8.00. The third kappa shape index (κ3) is 2.39. The van der Waals surface area contributed by atoms with Gasteiger partial charge in [-0.2, -0.15) is 0 Å². The number of pyridine rings is 1. The van der Waals surface area contributed by atoms with Crippen LogP contribution in [0.4, 0.5) is 0 Å². The van der Waals surface area contributed by atoms with E-state index in [0.29, 0.717) is 17.3 Å². The van der Waals surface area contributed by atoms with Crippen molar-refractivity contribution in [3.63, 3.8) is 0 Å². The first-order valence-electron chi connectivity index (χ1n) is 8.00. The van der Waals surface area contributed by atoms with E-state index in [0.717, 1.165) is 5.92 Å². The summed E-state index contributed by atoms with van der Waals surface area (Å²) in [6.07, 6.45) is 8.71. The number of rotatable bonds is 4. The van der Waals surface area contributed by atoms with Gasteiger partial charge >= 0.3 is 0 Å². The van der Waals surface area contributed by atoms with Gasteiger partial charge in [-0.3, -0.25) is 4.98 Å². The van der Waals surface area contributed by atoms with Crippen molar-refractivity contribution in [2.75, 3.05) is 0 Å². The molecule has 0 saturated heterocycles. The largest absolute Gasteiger partial charge is 0.264 e. The molecular formula is C20H25N. The first kappa shape index (κ1) is 14.3. The second kappa shape index (κ2) is 5.29. The average Bonchev–Trinajstić information content (AvgIpc) is 2.49. The highest BCUT2D eigenvalue weighted by molar-refractivity contribution is 5.85. The fourth-order valence-electron chi connectivity index (χ4n) is 4.05. The van der Waals surface area contributed by atoms with E-state index in [1.165, 1.54) is 29.2 Å². The van der Waals surface area contributed by atoms with Crippen LogP contribution in [0.5, 0.6) is 0 Å². The van der Waals surface area contributed by atoms with E-state index >= 15 is 0 Å². The SMILES string of the molecule is C=CC1CC(C)(C(C)C(C)c2cncc3ccccc23)C1. The predicted octanol–water partition coefficient (Wildman–Crippen LogP) is 5.58. The smallest absolute Gasteiger partial charge is 0.0346 e. The second-order valence-electron chi connectivity index (χ2n) is 7.09. The zero-order chi connectivity index (χ0) is 15.0. The monoisotopic (exact) mass is 279 g/mol. The Hall–Kier alpha value is -1.63. The summed E-state index contributed by atoms with van der Waals surface area (Å²) in [4.78, 5) is 4.46. The van der Waals surface area contributed by atoms with Gasteiger partial charge in [0.2, 0.25) is 0 Å². The average molecular weight is 279 g/mol. The Morgan fingerprint density at radius 1 is 1.24 bits per heavy atom. The number of hydrogen-bond acceptors (Lipinski definition) is 1. The minimum atomic E-state index is 0.440. The molecule has 1 aromatic carbocycles. The van der Waals surface area contributed by atoms with Crippen molar-refractivity contribution in [1.29, 1.82) is 0 Å². The predicted molar refractivity (Wildman–Crippen MR) is 90.4 cm³/mol. The van der Waals surface area contributed by atoms with Crippen molar-refractivity contribution < 1.29 is 0 Å². The van der Waals surface area contributed by atoms with Gasteiger partial charge in [-0.1, -0.05) is 51.1 Å². The fourth-order valence-corrected chi connectivity index (χ4v) is 4.05. The Bertz CT molecular complexity index is 646. The van der Waals surface area contributed by atoms with E-state index in [2.05, 4.69) is 68.9 Å². The molecule has 0 aliphatic heterocycles. The van der Waals surface area contributed by atoms with Crippen molar-refractivity contribution in [2.45, 2.75) is 39.5 Å². The van der Waals surface area contributed by atoms with Crippen LogP contribution in [-0.4, -0.2) is 4.98 Å². The van der Waals surface area contributed by atoms with Crippen molar-refractivity contribution >= 4 is 10.8 Å². The molecule has 0 N–H and O–H groups in total. The Morgan fingerprint density at radius 2 is 1.95 bits per heavy atom. The third-order valence-electron chi connectivity index (χ3n) is 5.83. The molecule has 0 radical (unpaired) electrons. The number of aromatic nitrogens is 1. The molecule has 2 atom stereocenters. The number of allylic oxidation sites excluding steroid dienone is 1. The van der Waals surface area contributed by atoms with E-state index < -0.39 is 0 Å². The highest BCUT2D eigenvalue weighted by Crippen LogP contribution is 2.54. The Balaban J connectivity index is 1.90. The molecule has 3 rings (SSSR count). The van der Waals surface area contributed by atoms with Crippen LogP contribution in [0.25, 0.3) is 10.8 Å². The summed E-state index contributed by atoms with van der Waals surface area (Å²) in [6.45, 7) is 11.1. The van der Waals surface area contributed by atoms with Crippen LogP contribution in [0.2, 0.25) is 0 Å². The summed E-state index contributed by atoms with van der Waals surface area (Å²) in [7, 11) is 0. The van der Waals surface area contributed by atoms with Gasteiger partial charge in [-0.25, -0.2) is 0 Å². The molecule has 1 aliphatic carbocycles. The lowest BCUT2D eigenvalue weighted by Gasteiger charge is -2.50. The van der Waals surface area contributed by atoms with Crippen LogP contribution in [0.1, 0.15) is 45.1 Å². The molecule has 2 aromatic rings. The van der Waals surface area contributed by atoms with Crippen molar-refractivity contribution in [1.82, 2.24) is 4.98 Å². The van der Waals surface area contributed by atoms with Gasteiger partial charge < -0.3 is 0 Å². The summed E-state index contributed by atoms with van der Waals surface area (Å²) in [5.41, 5.74) is 1.83. The fraction of sp³-hybridized carbons (Fsp3) is 0.450. The number of nitrogens with zero attached hydrogens (tertiary/aromatic N) is 1. The molecular weight excluding hydrogens is 254 g/mol. The van der Waals surface area contributed by atoms with Crippen molar-refractivity contribution in [2.24, 2.45) is 17.3 Å². The molecule has 1 saturated carbocycles. The van der Waals surface area contributed by atoms with E-state index in [1.807, 2.05) is 6.20 Å². The highest BCUT2D eigenvalue weighted by atomic mass is 14.6. The quantitative estimate of drug-likeness (QED) is 0.666. The summed E-state index contributed by atoms with van der Waals surface area (Å²) in [6, 6.07) is 8.60. The summed E-state index contributed by atoms with van der Waals surface area (Å²) >= 11 is 0. The van der Waals surface area contributed by atoms with Crippen LogP contribution >= 0.6 is 0 Å². The van der Waals surface area contributed by atoms with Gasteiger partial charge in [-0.15, -0.1) is 6.58 Å². The molecule has 1 aliphatic rings. The van der Waals surface area contributed by atoms with Gasteiger partial charge in [0.05, 0.1) is 0 Å². The van der Waals surface area contributed by atoms with Crippen molar-refractivity contribution in [3.8, 4) is 0 Å². The first-order chi connectivity index (χ1) is 10.0. The normalized spacial score (nSPS) is 27.9. The minimum absolute atomic E-state index is 0.440. The second-order valence-corrected chi connectivity index (χ2v) is 7.09. The number of hydrogen-bond donors (Lipinski definition) is 0. The molecule has 1 fully saturated rings. The maximum atomic E-state index is 4.46. The van der Waals surface area contributed by atoms with Crippen LogP contribution in [-0.2, 0) is 0 Å². The van der Waals surface area contributed by atoms with Gasteiger partial charge in [0.25, 0.3) is 0 Å². The Kier molecular flexibility index (Phi) is 3.61. The van der Waals surface area contributed by atoms with Crippen LogP contribution in [0.15, 0.2) is 49.3 Å². The topological polar surface area (TPSA) is 12.9 Å². The lowest BCUT2D eigenvalue weighted by Crippen LogP contribution is -2.40. The lowest BCUT2D eigenvalue weighted by molar-refractivity contribution is 0.0300. The number of benzene rings is 1. The van der Waals surface area contributed by atoms with E-state index in [-0.39, 0.29) is 0 Å². The van der Waals surface area contributed by atoms with Crippen molar-refractivity contribution in [3.05, 3.63) is 54.9 Å². The highest BCUT2D eigenvalue weighted by Gasteiger charge is 2.44. The summed E-state index contributed by atoms with van der Waals surface area (Å²) in [5, 5.41) is 2.60. The Morgan fingerprint density at radius 3 is 2.67 bits per heavy atom. The van der Waals surface area contributed by atoms with E-state index in [1.54, 1.807) is 0 Å². The lowest BCUT2D eigenvalue weighted by atomic mass is 9.54. The van der Waals surface area contributed by atoms with Crippen LogP contribution < -0.4 is 0 Å².